The van der Waals surface area contributed by atoms with Crippen molar-refractivity contribution < 1.29 is 9.53 Å². The maximum absolute atomic E-state index is 11.9. The van der Waals surface area contributed by atoms with Crippen LogP contribution in [0.2, 0.25) is 0 Å². The molecule has 106 valence electrons. The molecule has 0 aromatic heterocycles. The largest absolute Gasteiger partial charge is 0.462 e. The molecule has 0 atom stereocenters. The first-order valence-corrected chi connectivity index (χ1v) is 7.00. The van der Waals surface area contributed by atoms with Crippen LogP contribution >= 0.6 is 0 Å². The Kier molecular flexibility index (Phi) is 4.73. The summed E-state index contributed by atoms with van der Waals surface area (Å²) in [6.45, 7) is 4.18. The van der Waals surface area contributed by atoms with Crippen molar-refractivity contribution in [3.05, 3.63) is 59.2 Å². The molecule has 2 aromatic rings. The van der Waals surface area contributed by atoms with Gasteiger partial charge in [-0.15, -0.1) is 0 Å². The predicted octanol–water partition coefficient (Wildman–Crippen LogP) is 3.96. The van der Waals surface area contributed by atoms with E-state index in [2.05, 4.69) is 13.0 Å². The van der Waals surface area contributed by atoms with E-state index in [1.54, 1.807) is 25.1 Å². The van der Waals surface area contributed by atoms with Gasteiger partial charge in [0.15, 0.2) is 0 Å². The highest BCUT2D eigenvalue weighted by Gasteiger charge is 2.13. The smallest absolute Gasteiger partial charge is 0.338 e. The van der Waals surface area contributed by atoms with E-state index in [0.29, 0.717) is 17.7 Å². The SMILES string of the molecule is CCOC(=O)c1ccc(C#N)c(-c2ccccc2CC)c1. The lowest BCUT2D eigenvalue weighted by atomic mass is 9.93. The van der Waals surface area contributed by atoms with Gasteiger partial charge in [0.25, 0.3) is 0 Å². The van der Waals surface area contributed by atoms with Crippen molar-refractivity contribution in [2.24, 2.45) is 0 Å². The van der Waals surface area contributed by atoms with Gasteiger partial charge in [-0.05, 0) is 42.7 Å². The summed E-state index contributed by atoms with van der Waals surface area (Å²) in [5, 5.41) is 9.31. The Morgan fingerprint density at radius 1 is 1.14 bits per heavy atom. The molecule has 3 nitrogen and oxygen atoms in total. The Hall–Kier alpha value is -2.60. The Bertz CT molecular complexity index is 699. The van der Waals surface area contributed by atoms with Crippen LogP contribution in [0.5, 0.6) is 0 Å². The summed E-state index contributed by atoms with van der Waals surface area (Å²) >= 11 is 0. The first-order valence-electron chi connectivity index (χ1n) is 7.00. The van der Waals surface area contributed by atoms with Gasteiger partial charge in [-0.2, -0.15) is 5.26 Å². The Labute approximate surface area is 124 Å². The van der Waals surface area contributed by atoms with Gasteiger partial charge in [-0.1, -0.05) is 31.2 Å². The maximum Gasteiger partial charge on any atom is 0.338 e. The number of rotatable bonds is 4. The van der Waals surface area contributed by atoms with Crippen LogP contribution in [0.25, 0.3) is 11.1 Å². The van der Waals surface area contributed by atoms with E-state index in [-0.39, 0.29) is 5.97 Å². The second-order valence-electron chi connectivity index (χ2n) is 4.60. The van der Waals surface area contributed by atoms with Gasteiger partial charge >= 0.3 is 5.97 Å². The minimum absolute atomic E-state index is 0.333. The number of hydrogen-bond donors (Lipinski definition) is 0. The van der Waals surface area contributed by atoms with E-state index in [1.165, 1.54) is 0 Å². The molecular weight excluding hydrogens is 262 g/mol. The van der Waals surface area contributed by atoms with Gasteiger partial charge in [-0.3, -0.25) is 0 Å². The van der Waals surface area contributed by atoms with Crippen LogP contribution in [0.4, 0.5) is 0 Å². The third-order valence-electron chi connectivity index (χ3n) is 3.34. The van der Waals surface area contributed by atoms with Crippen LogP contribution in [-0.4, -0.2) is 12.6 Å². The molecule has 0 spiro atoms. The number of hydrogen-bond acceptors (Lipinski definition) is 3. The van der Waals surface area contributed by atoms with Crippen LogP contribution < -0.4 is 0 Å². The molecule has 0 aliphatic rings. The minimum Gasteiger partial charge on any atom is -0.462 e. The molecular formula is C18H17NO2. The average molecular weight is 279 g/mol. The zero-order chi connectivity index (χ0) is 15.2. The van der Waals surface area contributed by atoms with Crippen molar-refractivity contribution in [2.75, 3.05) is 6.61 Å². The average Bonchev–Trinajstić information content (AvgIpc) is 2.54. The zero-order valence-electron chi connectivity index (χ0n) is 12.2. The predicted molar refractivity (Wildman–Crippen MR) is 81.9 cm³/mol. The lowest BCUT2D eigenvalue weighted by molar-refractivity contribution is 0.0526. The van der Waals surface area contributed by atoms with Crippen molar-refractivity contribution in [2.45, 2.75) is 20.3 Å². The summed E-state index contributed by atoms with van der Waals surface area (Å²) < 4.78 is 5.03. The van der Waals surface area contributed by atoms with E-state index in [9.17, 15) is 10.1 Å². The summed E-state index contributed by atoms with van der Waals surface area (Å²) in [4.78, 5) is 11.9. The highest BCUT2D eigenvalue weighted by atomic mass is 16.5. The first kappa shape index (κ1) is 14.8. The number of ether oxygens (including phenoxy) is 1. The fraction of sp³-hybridized carbons (Fsp3) is 0.222. The van der Waals surface area contributed by atoms with Crippen LogP contribution in [0.1, 0.15) is 35.3 Å². The summed E-state index contributed by atoms with van der Waals surface area (Å²) in [6.07, 6.45) is 0.866. The maximum atomic E-state index is 11.9. The fourth-order valence-corrected chi connectivity index (χ4v) is 2.30. The summed E-state index contributed by atoms with van der Waals surface area (Å²) in [7, 11) is 0. The van der Waals surface area contributed by atoms with E-state index >= 15 is 0 Å². The molecule has 0 amide bonds. The fourth-order valence-electron chi connectivity index (χ4n) is 2.30. The molecule has 0 saturated carbocycles. The molecule has 2 rings (SSSR count). The van der Waals surface area contributed by atoms with Crippen molar-refractivity contribution >= 4 is 5.97 Å². The topological polar surface area (TPSA) is 50.1 Å². The molecule has 3 heteroatoms. The highest BCUT2D eigenvalue weighted by molar-refractivity contribution is 5.92. The first-order chi connectivity index (χ1) is 10.2. The lowest BCUT2D eigenvalue weighted by Gasteiger charge is -2.11. The van der Waals surface area contributed by atoms with Crippen LogP contribution in [0.15, 0.2) is 42.5 Å². The Balaban J connectivity index is 2.58. The summed E-state index contributed by atoms with van der Waals surface area (Å²) in [5.74, 6) is -0.364. The molecule has 0 heterocycles. The number of benzene rings is 2. The number of nitriles is 1. The molecule has 0 aliphatic heterocycles. The number of aryl methyl sites for hydroxylation is 1. The van der Waals surface area contributed by atoms with E-state index in [4.69, 9.17) is 4.74 Å². The monoisotopic (exact) mass is 279 g/mol. The number of nitrogens with zero attached hydrogens (tertiary/aromatic N) is 1. The molecule has 0 unspecified atom stereocenters. The van der Waals surface area contributed by atoms with E-state index in [1.807, 2.05) is 24.3 Å². The van der Waals surface area contributed by atoms with E-state index in [0.717, 1.165) is 23.1 Å². The molecule has 0 saturated heterocycles. The van der Waals surface area contributed by atoms with Gasteiger partial charge in [0.05, 0.1) is 23.8 Å². The molecule has 0 bridgehead atoms. The molecule has 0 radical (unpaired) electrons. The van der Waals surface area contributed by atoms with Crippen LogP contribution in [-0.2, 0) is 11.2 Å². The lowest BCUT2D eigenvalue weighted by Crippen LogP contribution is -2.05. The van der Waals surface area contributed by atoms with Crippen LogP contribution in [0, 0.1) is 11.3 Å². The van der Waals surface area contributed by atoms with Crippen molar-refractivity contribution in [1.29, 1.82) is 5.26 Å². The third kappa shape index (κ3) is 3.11. The van der Waals surface area contributed by atoms with Gasteiger partial charge in [0.1, 0.15) is 0 Å². The summed E-state index contributed by atoms with van der Waals surface area (Å²) in [6, 6.07) is 15.2. The third-order valence-corrected chi connectivity index (χ3v) is 3.34. The highest BCUT2D eigenvalue weighted by Crippen LogP contribution is 2.28. The van der Waals surface area contributed by atoms with Gasteiger partial charge in [0, 0.05) is 5.56 Å². The molecule has 2 aromatic carbocycles. The van der Waals surface area contributed by atoms with Gasteiger partial charge < -0.3 is 4.74 Å². The standard InChI is InChI=1S/C18H17NO2/c1-3-13-7-5-6-8-16(13)17-11-14(18(20)21-4-2)9-10-15(17)12-19/h5-11H,3-4H2,1-2H3. The summed E-state index contributed by atoms with van der Waals surface area (Å²) in [5.41, 5.74) is 3.94. The Morgan fingerprint density at radius 3 is 2.57 bits per heavy atom. The Morgan fingerprint density at radius 2 is 1.90 bits per heavy atom. The number of carbonyl (C=O) groups excluding carboxylic acids is 1. The second kappa shape index (κ2) is 6.71. The second-order valence-corrected chi connectivity index (χ2v) is 4.60. The molecule has 0 aliphatic carbocycles. The van der Waals surface area contributed by atoms with Crippen molar-refractivity contribution in [3.63, 3.8) is 0 Å². The van der Waals surface area contributed by atoms with Crippen molar-refractivity contribution in [3.8, 4) is 17.2 Å². The molecule has 0 N–H and O–H groups in total. The zero-order valence-corrected chi connectivity index (χ0v) is 12.2. The number of esters is 1. The molecule has 0 fully saturated rings. The van der Waals surface area contributed by atoms with Crippen molar-refractivity contribution in [1.82, 2.24) is 0 Å². The molecule has 21 heavy (non-hydrogen) atoms. The quantitative estimate of drug-likeness (QED) is 0.796. The van der Waals surface area contributed by atoms with Crippen LogP contribution in [0.3, 0.4) is 0 Å². The van der Waals surface area contributed by atoms with E-state index < -0.39 is 0 Å². The minimum atomic E-state index is -0.364. The van der Waals surface area contributed by atoms with Gasteiger partial charge in [-0.25, -0.2) is 4.79 Å². The number of carbonyl (C=O) groups is 1. The van der Waals surface area contributed by atoms with Gasteiger partial charge in [0.2, 0.25) is 0 Å². The normalized spacial score (nSPS) is 9.95.